The molecule has 0 aromatic heterocycles. The van der Waals surface area contributed by atoms with Crippen LogP contribution in [-0.4, -0.2) is 31.3 Å². The zero-order valence-corrected chi connectivity index (χ0v) is 12.1. The van der Waals surface area contributed by atoms with Gasteiger partial charge in [0.05, 0.1) is 16.6 Å². The fraction of sp³-hybridized carbons (Fsp3) is 0.769. The lowest BCUT2D eigenvalue weighted by molar-refractivity contribution is -0.189. The van der Waals surface area contributed by atoms with E-state index in [9.17, 15) is 0 Å². The molecule has 5 heteroatoms. The summed E-state index contributed by atoms with van der Waals surface area (Å²) in [6.45, 7) is 0.828. The van der Waals surface area contributed by atoms with Gasteiger partial charge in [0.2, 0.25) is 0 Å². The molecule has 3 unspecified atom stereocenters. The molecule has 0 aromatic carbocycles. The third-order valence-corrected chi connectivity index (χ3v) is 3.95. The highest BCUT2D eigenvalue weighted by molar-refractivity contribution is 9.12. The van der Waals surface area contributed by atoms with Crippen LogP contribution in [0.25, 0.3) is 0 Å². The smallest absolute Gasteiger partial charge is 0.158 e. The molecular weight excluding hydrogens is 296 g/mol. The molecule has 0 bridgehead atoms. The highest BCUT2D eigenvalue weighted by atomic mass is 79.9. The van der Waals surface area contributed by atoms with Crippen molar-refractivity contribution in [1.29, 1.82) is 5.41 Å². The minimum absolute atomic E-state index is 0.0127. The van der Waals surface area contributed by atoms with Gasteiger partial charge in [0, 0.05) is 19.0 Å². The fourth-order valence-electron chi connectivity index (χ4n) is 2.52. The van der Waals surface area contributed by atoms with Gasteiger partial charge < -0.3 is 20.2 Å². The second-order valence-electron chi connectivity index (χ2n) is 4.85. The number of allylic oxidation sites excluding steroid dienone is 1. The fourth-order valence-corrected chi connectivity index (χ4v) is 2.65. The SMILES string of the molecule is N=C/C(Br)=C\NC1CCCC1OC1CCCCO1. The van der Waals surface area contributed by atoms with E-state index >= 15 is 0 Å². The van der Waals surface area contributed by atoms with Crippen LogP contribution in [0.15, 0.2) is 10.7 Å². The van der Waals surface area contributed by atoms with Crippen molar-refractivity contribution < 1.29 is 9.47 Å². The number of hydrogen-bond donors (Lipinski definition) is 2. The molecule has 0 amide bonds. The predicted molar refractivity (Wildman–Crippen MR) is 75.0 cm³/mol. The summed E-state index contributed by atoms with van der Waals surface area (Å²) in [5.41, 5.74) is 0. The lowest BCUT2D eigenvalue weighted by atomic mass is 10.2. The number of hydrogen-bond acceptors (Lipinski definition) is 4. The second-order valence-corrected chi connectivity index (χ2v) is 5.76. The van der Waals surface area contributed by atoms with Crippen LogP contribution in [0.3, 0.4) is 0 Å². The van der Waals surface area contributed by atoms with Crippen molar-refractivity contribution in [3.05, 3.63) is 10.7 Å². The lowest BCUT2D eigenvalue weighted by Gasteiger charge is -2.29. The Morgan fingerprint density at radius 2 is 2.17 bits per heavy atom. The quantitative estimate of drug-likeness (QED) is 0.767. The first-order valence-electron chi connectivity index (χ1n) is 6.69. The van der Waals surface area contributed by atoms with Gasteiger partial charge in [0.1, 0.15) is 0 Å². The van der Waals surface area contributed by atoms with Crippen molar-refractivity contribution in [1.82, 2.24) is 5.32 Å². The van der Waals surface area contributed by atoms with Crippen molar-refractivity contribution in [3.63, 3.8) is 0 Å². The Kier molecular flexibility index (Phi) is 5.66. The first kappa shape index (κ1) is 14.0. The van der Waals surface area contributed by atoms with Crippen molar-refractivity contribution in [2.24, 2.45) is 0 Å². The molecule has 2 fully saturated rings. The molecule has 102 valence electrons. The zero-order valence-electron chi connectivity index (χ0n) is 10.5. The van der Waals surface area contributed by atoms with E-state index in [0.717, 1.165) is 36.8 Å². The standard InChI is InChI=1S/C13H21BrN2O2/c14-10(8-15)9-16-11-4-3-5-12(11)18-13-6-1-2-7-17-13/h8-9,11-13,15-16H,1-7H2/b10-9+,15-8?. The van der Waals surface area contributed by atoms with Crippen LogP contribution in [-0.2, 0) is 9.47 Å². The molecule has 1 aliphatic heterocycles. The molecule has 1 saturated carbocycles. The molecule has 1 heterocycles. The monoisotopic (exact) mass is 316 g/mol. The van der Waals surface area contributed by atoms with Crippen LogP contribution >= 0.6 is 15.9 Å². The molecular formula is C13H21BrN2O2. The van der Waals surface area contributed by atoms with Crippen LogP contribution in [0.1, 0.15) is 38.5 Å². The summed E-state index contributed by atoms with van der Waals surface area (Å²) in [4.78, 5) is 0. The van der Waals surface area contributed by atoms with Gasteiger partial charge in [-0.3, -0.25) is 0 Å². The molecule has 3 atom stereocenters. The molecule has 1 aliphatic carbocycles. The molecule has 1 saturated heterocycles. The Labute approximate surface area is 117 Å². The Balaban J connectivity index is 1.81. The van der Waals surface area contributed by atoms with Crippen LogP contribution in [0, 0.1) is 5.41 Å². The normalized spacial score (nSPS) is 33.4. The van der Waals surface area contributed by atoms with Crippen LogP contribution in [0.4, 0.5) is 0 Å². The molecule has 18 heavy (non-hydrogen) atoms. The predicted octanol–water partition coefficient (Wildman–Crippen LogP) is 2.93. The van der Waals surface area contributed by atoms with Crippen molar-refractivity contribution in [2.45, 2.75) is 57.0 Å². The Morgan fingerprint density at radius 1 is 1.28 bits per heavy atom. The molecule has 2 N–H and O–H groups in total. The largest absolute Gasteiger partial charge is 0.385 e. The molecule has 0 spiro atoms. The number of nitrogens with one attached hydrogen (secondary N) is 2. The second kappa shape index (κ2) is 7.26. The van der Waals surface area contributed by atoms with Crippen molar-refractivity contribution >= 4 is 22.1 Å². The lowest BCUT2D eigenvalue weighted by Crippen LogP contribution is -2.38. The van der Waals surface area contributed by atoms with Gasteiger partial charge in [0.25, 0.3) is 0 Å². The van der Waals surface area contributed by atoms with Crippen molar-refractivity contribution in [3.8, 4) is 0 Å². The first-order chi connectivity index (χ1) is 8.79. The number of ether oxygens (including phenoxy) is 2. The minimum Gasteiger partial charge on any atom is -0.385 e. The van der Waals surface area contributed by atoms with E-state index in [2.05, 4.69) is 21.2 Å². The summed E-state index contributed by atoms with van der Waals surface area (Å²) < 4.78 is 12.4. The summed E-state index contributed by atoms with van der Waals surface area (Å²) in [5.74, 6) is 0. The number of halogens is 1. The van der Waals surface area contributed by atoms with Gasteiger partial charge >= 0.3 is 0 Å². The zero-order chi connectivity index (χ0) is 12.8. The highest BCUT2D eigenvalue weighted by Gasteiger charge is 2.30. The Bertz CT molecular complexity index is 303. The van der Waals surface area contributed by atoms with E-state index in [-0.39, 0.29) is 12.4 Å². The summed E-state index contributed by atoms with van der Waals surface area (Å²) in [5, 5.41) is 10.4. The van der Waals surface area contributed by atoms with Crippen LogP contribution in [0.2, 0.25) is 0 Å². The maximum atomic E-state index is 7.11. The van der Waals surface area contributed by atoms with E-state index in [0.29, 0.717) is 6.04 Å². The van der Waals surface area contributed by atoms with E-state index in [4.69, 9.17) is 14.9 Å². The van der Waals surface area contributed by atoms with E-state index in [1.165, 1.54) is 19.1 Å². The van der Waals surface area contributed by atoms with Gasteiger partial charge in [-0.15, -0.1) is 0 Å². The Hall–Kier alpha value is -0.390. The van der Waals surface area contributed by atoms with E-state index in [1.54, 1.807) is 0 Å². The molecule has 4 nitrogen and oxygen atoms in total. The molecule has 0 aromatic rings. The van der Waals surface area contributed by atoms with Crippen LogP contribution in [0.5, 0.6) is 0 Å². The average molecular weight is 317 g/mol. The molecule has 2 aliphatic rings. The molecule has 0 radical (unpaired) electrons. The third-order valence-electron chi connectivity index (χ3n) is 3.49. The van der Waals surface area contributed by atoms with Gasteiger partial charge in [-0.1, -0.05) is 0 Å². The first-order valence-corrected chi connectivity index (χ1v) is 7.48. The number of rotatable bonds is 5. The summed E-state index contributed by atoms with van der Waals surface area (Å²) in [7, 11) is 0. The highest BCUT2D eigenvalue weighted by Crippen LogP contribution is 2.26. The molecule has 2 rings (SSSR count). The minimum atomic E-state index is -0.0127. The summed E-state index contributed by atoms with van der Waals surface area (Å²) >= 11 is 3.29. The Morgan fingerprint density at radius 3 is 2.89 bits per heavy atom. The van der Waals surface area contributed by atoms with Gasteiger partial charge in [-0.25, -0.2) is 0 Å². The van der Waals surface area contributed by atoms with Crippen LogP contribution < -0.4 is 5.32 Å². The van der Waals surface area contributed by atoms with E-state index < -0.39 is 0 Å². The topological polar surface area (TPSA) is 54.3 Å². The van der Waals surface area contributed by atoms with Gasteiger partial charge in [0.15, 0.2) is 6.29 Å². The van der Waals surface area contributed by atoms with E-state index in [1.807, 2.05) is 6.20 Å². The average Bonchev–Trinajstić information content (AvgIpc) is 2.84. The third kappa shape index (κ3) is 4.07. The van der Waals surface area contributed by atoms with Gasteiger partial charge in [-0.05, 0) is 54.5 Å². The maximum Gasteiger partial charge on any atom is 0.158 e. The maximum absolute atomic E-state index is 7.11. The van der Waals surface area contributed by atoms with Crippen molar-refractivity contribution in [2.75, 3.05) is 6.61 Å². The summed E-state index contributed by atoms with van der Waals surface area (Å²) in [6, 6.07) is 0.336. The van der Waals surface area contributed by atoms with Gasteiger partial charge in [-0.2, -0.15) is 0 Å². The summed E-state index contributed by atoms with van der Waals surface area (Å²) in [6.07, 6.45) is 10.1.